The van der Waals surface area contributed by atoms with Crippen LogP contribution in [-0.2, 0) is 4.79 Å². The number of fused-ring (bicyclic) bond motifs is 1. The van der Waals surface area contributed by atoms with Gasteiger partial charge in [-0.05, 0) is 37.2 Å². The van der Waals surface area contributed by atoms with E-state index in [-0.39, 0.29) is 5.78 Å². The molecule has 2 N–H and O–H groups in total. The molecule has 0 spiro atoms. The number of hydrogen-bond donors (Lipinski definition) is 1. The van der Waals surface area contributed by atoms with Gasteiger partial charge >= 0.3 is 0 Å². The summed E-state index contributed by atoms with van der Waals surface area (Å²) in [6.07, 6.45) is 6.59. The molecule has 2 aliphatic rings. The van der Waals surface area contributed by atoms with E-state index in [9.17, 15) is 4.79 Å². The Hall–Kier alpha value is -0.790. The number of hydrogen-bond acceptors (Lipinski definition) is 2. The highest BCUT2D eigenvalue weighted by atomic mass is 16.1. The first kappa shape index (κ1) is 7.84. The van der Waals surface area contributed by atoms with Crippen molar-refractivity contribution in [3.8, 4) is 0 Å². The molecule has 0 aromatic carbocycles. The Kier molecular flexibility index (Phi) is 1.91. The fraction of sp³-hybridized carbons (Fsp3) is 0.700. The largest absolute Gasteiger partial charge is 0.396 e. The van der Waals surface area contributed by atoms with Crippen LogP contribution in [-0.4, -0.2) is 5.78 Å². The standard InChI is InChI=1S/C10H15NO/c11-10-8-4-2-1-3-7(8)5-6-9(10)12/h7H,1-6,11H2. The molecule has 0 aliphatic heterocycles. The van der Waals surface area contributed by atoms with E-state index in [1.165, 1.54) is 24.8 Å². The van der Waals surface area contributed by atoms with Gasteiger partial charge in [-0.25, -0.2) is 0 Å². The van der Waals surface area contributed by atoms with Crippen LogP contribution in [0.4, 0.5) is 0 Å². The normalized spacial score (nSPS) is 30.3. The first-order chi connectivity index (χ1) is 5.79. The highest BCUT2D eigenvalue weighted by Crippen LogP contribution is 2.37. The number of carbonyl (C=O) groups is 1. The molecule has 0 amide bonds. The zero-order chi connectivity index (χ0) is 8.55. The molecule has 2 heteroatoms. The summed E-state index contributed by atoms with van der Waals surface area (Å²) >= 11 is 0. The Morgan fingerprint density at radius 3 is 2.83 bits per heavy atom. The summed E-state index contributed by atoms with van der Waals surface area (Å²) in [7, 11) is 0. The lowest BCUT2D eigenvalue weighted by Gasteiger charge is -2.30. The smallest absolute Gasteiger partial charge is 0.178 e. The predicted molar refractivity (Wildman–Crippen MR) is 47.4 cm³/mol. The van der Waals surface area contributed by atoms with Crippen molar-refractivity contribution in [1.29, 1.82) is 0 Å². The molecule has 2 rings (SSSR count). The van der Waals surface area contributed by atoms with E-state index in [0.29, 0.717) is 18.0 Å². The highest BCUT2D eigenvalue weighted by molar-refractivity contribution is 5.96. The van der Waals surface area contributed by atoms with Crippen molar-refractivity contribution in [2.75, 3.05) is 0 Å². The second-order valence-corrected chi connectivity index (χ2v) is 3.84. The maximum absolute atomic E-state index is 11.3. The van der Waals surface area contributed by atoms with Crippen molar-refractivity contribution in [3.05, 3.63) is 11.3 Å². The van der Waals surface area contributed by atoms with Gasteiger partial charge in [0, 0.05) is 6.42 Å². The van der Waals surface area contributed by atoms with Crippen molar-refractivity contribution >= 4 is 5.78 Å². The predicted octanol–water partition coefficient (Wildman–Crippen LogP) is 1.75. The summed E-state index contributed by atoms with van der Waals surface area (Å²) < 4.78 is 0. The van der Waals surface area contributed by atoms with Crippen LogP contribution in [0.5, 0.6) is 0 Å². The molecular formula is C10H15NO. The van der Waals surface area contributed by atoms with Crippen molar-refractivity contribution in [3.63, 3.8) is 0 Å². The average molecular weight is 165 g/mol. The maximum atomic E-state index is 11.3. The van der Waals surface area contributed by atoms with Gasteiger partial charge < -0.3 is 5.73 Å². The molecule has 1 unspecified atom stereocenters. The zero-order valence-corrected chi connectivity index (χ0v) is 7.31. The number of allylic oxidation sites excluding steroid dienone is 2. The van der Waals surface area contributed by atoms with Crippen LogP contribution in [0.15, 0.2) is 11.3 Å². The third-order valence-electron chi connectivity index (χ3n) is 3.11. The van der Waals surface area contributed by atoms with E-state index in [2.05, 4.69) is 0 Å². The summed E-state index contributed by atoms with van der Waals surface area (Å²) in [5.41, 5.74) is 7.64. The van der Waals surface area contributed by atoms with E-state index in [0.717, 1.165) is 12.8 Å². The quantitative estimate of drug-likeness (QED) is 0.594. The Bertz CT molecular complexity index is 242. The summed E-state index contributed by atoms with van der Waals surface area (Å²) in [6, 6.07) is 0. The molecule has 1 atom stereocenters. The van der Waals surface area contributed by atoms with Crippen LogP contribution in [0.2, 0.25) is 0 Å². The van der Waals surface area contributed by atoms with E-state index < -0.39 is 0 Å². The topological polar surface area (TPSA) is 43.1 Å². The van der Waals surface area contributed by atoms with Crippen molar-refractivity contribution in [1.82, 2.24) is 0 Å². The first-order valence-corrected chi connectivity index (χ1v) is 4.81. The minimum absolute atomic E-state index is 0.183. The molecule has 0 heterocycles. The number of rotatable bonds is 0. The molecule has 0 radical (unpaired) electrons. The second kappa shape index (κ2) is 2.92. The monoisotopic (exact) mass is 165 g/mol. The first-order valence-electron chi connectivity index (χ1n) is 4.81. The lowest BCUT2D eigenvalue weighted by Crippen LogP contribution is -2.26. The van der Waals surface area contributed by atoms with Crippen LogP contribution < -0.4 is 5.73 Å². The highest BCUT2D eigenvalue weighted by Gasteiger charge is 2.28. The third kappa shape index (κ3) is 1.15. The minimum Gasteiger partial charge on any atom is -0.396 e. The molecule has 12 heavy (non-hydrogen) atoms. The summed E-state index contributed by atoms with van der Waals surface area (Å²) in [4.78, 5) is 11.3. The SMILES string of the molecule is NC1=C2CCCCC2CCC1=O. The fourth-order valence-electron chi connectivity index (χ4n) is 2.38. The van der Waals surface area contributed by atoms with Crippen LogP contribution in [0.1, 0.15) is 38.5 Å². The molecule has 2 nitrogen and oxygen atoms in total. The third-order valence-corrected chi connectivity index (χ3v) is 3.11. The minimum atomic E-state index is 0.183. The van der Waals surface area contributed by atoms with Crippen molar-refractivity contribution < 1.29 is 4.79 Å². The second-order valence-electron chi connectivity index (χ2n) is 3.84. The molecule has 1 fully saturated rings. The molecule has 0 aromatic heterocycles. The van der Waals surface area contributed by atoms with E-state index in [4.69, 9.17) is 5.73 Å². The zero-order valence-electron chi connectivity index (χ0n) is 7.31. The molecule has 66 valence electrons. The number of carbonyl (C=O) groups excluding carboxylic acids is 1. The van der Waals surface area contributed by atoms with E-state index >= 15 is 0 Å². The van der Waals surface area contributed by atoms with Gasteiger partial charge in [0.1, 0.15) is 0 Å². The Morgan fingerprint density at radius 1 is 1.17 bits per heavy atom. The van der Waals surface area contributed by atoms with Crippen molar-refractivity contribution in [2.24, 2.45) is 11.7 Å². The van der Waals surface area contributed by atoms with Gasteiger partial charge in [0.2, 0.25) is 0 Å². The summed E-state index contributed by atoms with van der Waals surface area (Å²) in [5.74, 6) is 0.833. The Balaban J connectivity index is 2.29. The Labute approximate surface area is 72.8 Å². The molecule has 2 aliphatic carbocycles. The van der Waals surface area contributed by atoms with Gasteiger partial charge in [0.15, 0.2) is 5.78 Å². The van der Waals surface area contributed by atoms with Crippen LogP contribution in [0.25, 0.3) is 0 Å². The molecule has 0 saturated heterocycles. The van der Waals surface area contributed by atoms with Crippen LogP contribution in [0.3, 0.4) is 0 Å². The summed E-state index contributed by atoms with van der Waals surface area (Å²) in [6.45, 7) is 0. The van der Waals surface area contributed by atoms with Gasteiger partial charge in [0.05, 0.1) is 5.70 Å². The fourth-order valence-corrected chi connectivity index (χ4v) is 2.38. The number of ketones is 1. The van der Waals surface area contributed by atoms with Gasteiger partial charge in [-0.2, -0.15) is 0 Å². The van der Waals surface area contributed by atoms with E-state index in [1.807, 2.05) is 0 Å². The lowest BCUT2D eigenvalue weighted by molar-refractivity contribution is -0.116. The van der Waals surface area contributed by atoms with E-state index in [1.54, 1.807) is 0 Å². The molecule has 0 aromatic rings. The molecular weight excluding hydrogens is 150 g/mol. The van der Waals surface area contributed by atoms with Gasteiger partial charge in [-0.15, -0.1) is 0 Å². The lowest BCUT2D eigenvalue weighted by atomic mass is 9.76. The maximum Gasteiger partial charge on any atom is 0.178 e. The number of nitrogens with two attached hydrogens (primary N) is 1. The van der Waals surface area contributed by atoms with Crippen LogP contribution in [0, 0.1) is 5.92 Å². The summed E-state index contributed by atoms with van der Waals surface area (Å²) in [5, 5.41) is 0. The molecule has 1 saturated carbocycles. The van der Waals surface area contributed by atoms with Gasteiger partial charge in [-0.3, -0.25) is 4.79 Å². The average Bonchev–Trinajstić information content (AvgIpc) is 2.12. The van der Waals surface area contributed by atoms with Crippen molar-refractivity contribution in [2.45, 2.75) is 38.5 Å². The van der Waals surface area contributed by atoms with Gasteiger partial charge in [0.25, 0.3) is 0 Å². The van der Waals surface area contributed by atoms with Gasteiger partial charge in [-0.1, -0.05) is 6.42 Å². The number of Topliss-reactive ketones (excluding diaryl/α,β-unsaturated/α-hetero) is 1. The molecule has 0 bridgehead atoms. The van der Waals surface area contributed by atoms with Crippen LogP contribution >= 0.6 is 0 Å². The Morgan fingerprint density at radius 2 is 2.00 bits per heavy atom.